The van der Waals surface area contributed by atoms with E-state index in [2.05, 4.69) is 19.9 Å². The maximum atomic E-state index is 11.2. The predicted molar refractivity (Wildman–Crippen MR) is 86.5 cm³/mol. The highest BCUT2D eigenvalue weighted by atomic mass is 35.5. The molecule has 4 bridgehead atoms. The van der Waals surface area contributed by atoms with Crippen LogP contribution in [0.1, 0.15) is 61.3 Å². The molecule has 2 heteroatoms. The zero-order chi connectivity index (χ0) is 14.8. The molecular formula is C19H25ClO. The summed E-state index contributed by atoms with van der Waals surface area (Å²) in [7, 11) is 0. The summed E-state index contributed by atoms with van der Waals surface area (Å²) in [6.45, 7) is 4.20. The molecule has 4 fully saturated rings. The van der Waals surface area contributed by atoms with Gasteiger partial charge in [0.25, 0.3) is 0 Å². The Morgan fingerprint density at radius 1 is 1.00 bits per heavy atom. The molecular weight excluding hydrogens is 280 g/mol. The molecule has 1 nitrogen and oxygen atoms in total. The van der Waals surface area contributed by atoms with Crippen molar-refractivity contribution in [2.24, 2.45) is 23.2 Å². The van der Waals surface area contributed by atoms with Crippen LogP contribution in [0, 0.1) is 37.0 Å². The molecule has 4 saturated carbocycles. The summed E-state index contributed by atoms with van der Waals surface area (Å²) in [5.41, 5.74) is 3.53. The van der Waals surface area contributed by atoms with Crippen LogP contribution in [-0.2, 0) is 0 Å². The lowest BCUT2D eigenvalue weighted by molar-refractivity contribution is -0.122. The predicted octanol–water partition coefficient (Wildman–Crippen LogP) is 5.21. The molecule has 1 atom stereocenters. The van der Waals surface area contributed by atoms with Crippen LogP contribution in [-0.4, -0.2) is 5.11 Å². The van der Waals surface area contributed by atoms with E-state index in [9.17, 15) is 5.11 Å². The van der Waals surface area contributed by atoms with Crippen molar-refractivity contribution in [3.63, 3.8) is 0 Å². The van der Waals surface area contributed by atoms with Gasteiger partial charge in [0.05, 0.1) is 6.10 Å². The molecule has 21 heavy (non-hydrogen) atoms. The molecule has 0 heterocycles. The van der Waals surface area contributed by atoms with Crippen molar-refractivity contribution in [3.05, 3.63) is 33.8 Å². The Morgan fingerprint density at radius 3 is 2.00 bits per heavy atom. The molecule has 0 aromatic heterocycles. The molecule has 1 aromatic carbocycles. The van der Waals surface area contributed by atoms with Gasteiger partial charge in [0, 0.05) is 10.4 Å². The molecule has 1 unspecified atom stereocenters. The zero-order valence-corrected chi connectivity index (χ0v) is 13.8. The topological polar surface area (TPSA) is 20.2 Å². The summed E-state index contributed by atoms with van der Waals surface area (Å²) in [5.74, 6) is 2.57. The van der Waals surface area contributed by atoms with Gasteiger partial charge in [-0.1, -0.05) is 17.7 Å². The Hall–Kier alpha value is -0.530. The molecule has 0 spiro atoms. The highest BCUT2D eigenvalue weighted by Crippen LogP contribution is 2.64. The Kier molecular flexibility index (Phi) is 3.17. The molecule has 0 saturated heterocycles. The minimum atomic E-state index is -0.377. The Bertz CT molecular complexity index is 542. The minimum Gasteiger partial charge on any atom is -0.388 e. The number of aliphatic hydroxyl groups excluding tert-OH is 1. The Balaban J connectivity index is 1.71. The van der Waals surface area contributed by atoms with Crippen LogP contribution < -0.4 is 0 Å². The summed E-state index contributed by atoms with van der Waals surface area (Å²) in [4.78, 5) is 0. The summed E-state index contributed by atoms with van der Waals surface area (Å²) in [6, 6.07) is 4.15. The monoisotopic (exact) mass is 304 g/mol. The fourth-order valence-corrected chi connectivity index (χ4v) is 6.18. The number of aryl methyl sites for hydroxylation is 2. The SMILES string of the molecule is Cc1cc(Cl)c(C(O)C23CC4CC(CC(C4)C2)C3)cc1C. The third kappa shape index (κ3) is 2.16. The lowest BCUT2D eigenvalue weighted by Crippen LogP contribution is -2.48. The van der Waals surface area contributed by atoms with Gasteiger partial charge in [0.2, 0.25) is 0 Å². The summed E-state index contributed by atoms with van der Waals surface area (Å²) < 4.78 is 0. The molecule has 1 aromatic rings. The van der Waals surface area contributed by atoms with E-state index in [-0.39, 0.29) is 11.5 Å². The van der Waals surface area contributed by atoms with E-state index in [1.165, 1.54) is 49.7 Å². The average molecular weight is 305 g/mol. The van der Waals surface area contributed by atoms with Crippen molar-refractivity contribution >= 4 is 11.6 Å². The number of rotatable bonds is 2. The van der Waals surface area contributed by atoms with Gasteiger partial charge in [-0.25, -0.2) is 0 Å². The van der Waals surface area contributed by atoms with Crippen LogP contribution in [0.5, 0.6) is 0 Å². The highest BCUT2D eigenvalue weighted by Gasteiger charge is 2.54. The molecule has 4 aliphatic carbocycles. The molecule has 0 radical (unpaired) electrons. The summed E-state index contributed by atoms with van der Waals surface area (Å²) >= 11 is 6.48. The van der Waals surface area contributed by atoms with E-state index in [0.29, 0.717) is 0 Å². The van der Waals surface area contributed by atoms with Crippen molar-refractivity contribution in [1.82, 2.24) is 0 Å². The van der Waals surface area contributed by atoms with Crippen LogP contribution >= 0.6 is 11.6 Å². The van der Waals surface area contributed by atoms with E-state index in [1.54, 1.807) is 0 Å². The van der Waals surface area contributed by atoms with Crippen molar-refractivity contribution in [2.45, 2.75) is 58.5 Å². The molecule has 5 rings (SSSR count). The quantitative estimate of drug-likeness (QED) is 0.795. The second-order valence-electron chi connectivity index (χ2n) is 8.14. The van der Waals surface area contributed by atoms with Crippen LogP contribution in [0.4, 0.5) is 0 Å². The minimum absolute atomic E-state index is 0.111. The van der Waals surface area contributed by atoms with Crippen LogP contribution in [0.15, 0.2) is 12.1 Å². The fourth-order valence-electron chi connectivity index (χ4n) is 5.86. The standard InChI is InChI=1S/C19H25ClO/c1-11-3-16(17(20)4-12(11)2)18(21)19-8-13-5-14(9-19)7-15(6-13)10-19/h3-4,13-15,18,21H,5-10H2,1-2H3. The van der Waals surface area contributed by atoms with Crippen molar-refractivity contribution in [2.75, 3.05) is 0 Å². The maximum Gasteiger partial charge on any atom is 0.0860 e. The van der Waals surface area contributed by atoms with E-state index < -0.39 is 0 Å². The first-order valence-electron chi connectivity index (χ1n) is 8.41. The lowest BCUT2D eigenvalue weighted by Gasteiger charge is -2.58. The lowest BCUT2D eigenvalue weighted by atomic mass is 9.47. The van der Waals surface area contributed by atoms with Gasteiger partial charge in [-0.2, -0.15) is 0 Å². The highest BCUT2D eigenvalue weighted by molar-refractivity contribution is 6.31. The summed E-state index contributed by atoms with van der Waals surface area (Å²) in [5, 5.41) is 11.9. The summed E-state index contributed by atoms with van der Waals surface area (Å²) in [6.07, 6.45) is 7.49. The Morgan fingerprint density at radius 2 is 1.48 bits per heavy atom. The van der Waals surface area contributed by atoms with Crippen LogP contribution in [0.25, 0.3) is 0 Å². The third-order valence-electron chi connectivity index (χ3n) is 6.57. The smallest absolute Gasteiger partial charge is 0.0860 e. The van der Waals surface area contributed by atoms with E-state index >= 15 is 0 Å². The number of hydrogen-bond acceptors (Lipinski definition) is 1. The number of benzene rings is 1. The zero-order valence-electron chi connectivity index (χ0n) is 13.0. The van der Waals surface area contributed by atoms with E-state index in [4.69, 9.17) is 11.6 Å². The van der Waals surface area contributed by atoms with E-state index in [0.717, 1.165) is 28.3 Å². The first-order valence-corrected chi connectivity index (χ1v) is 8.79. The number of hydrogen-bond donors (Lipinski definition) is 1. The van der Waals surface area contributed by atoms with Gasteiger partial charge in [-0.3, -0.25) is 0 Å². The molecule has 0 aliphatic heterocycles. The molecule has 4 aliphatic rings. The van der Waals surface area contributed by atoms with Gasteiger partial charge >= 0.3 is 0 Å². The van der Waals surface area contributed by atoms with Crippen molar-refractivity contribution < 1.29 is 5.11 Å². The van der Waals surface area contributed by atoms with Gasteiger partial charge in [-0.05, 0) is 92.9 Å². The first kappa shape index (κ1) is 14.1. The number of halogens is 1. The fraction of sp³-hybridized carbons (Fsp3) is 0.684. The molecule has 114 valence electrons. The van der Waals surface area contributed by atoms with Crippen LogP contribution in [0.2, 0.25) is 5.02 Å². The van der Waals surface area contributed by atoms with Gasteiger partial charge < -0.3 is 5.11 Å². The largest absolute Gasteiger partial charge is 0.388 e. The van der Waals surface area contributed by atoms with Gasteiger partial charge in [-0.15, -0.1) is 0 Å². The molecule has 0 amide bonds. The van der Waals surface area contributed by atoms with Gasteiger partial charge in [0.1, 0.15) is 0 Å². The van der Waals surface area contributed by atoms with Crippen molar-refractivity contribution in [3.8, 4) is 0 Å². The van der Waals surface area contributed by atoms with E-state index in [1.807, 2.05) is 6.07 Å². The second-order valence-corrected chi connectivity index (χ2v) is 8.55. The Labute approximate surface area is 132 Å². The first-order chi connectivity index (χ1) is 9.97. The average Bonchev–Trinajstić information content (AvgIpc) is 2.40. The maximum absolute atomic E-state index is 11.2. The third-order valence-corrected chi connectivity index (χ3v) is 6.90. The second kappa shape index (κ2) is 4.73. The number of aliphatic hydroxyl groups is 1. The van der Waals surface area contributed by atoms with Crippen LogP contribution in [0.3, 0.4) is 0 Å². The van der Waals surface area contributed by atoms with Crippen molar-refractivity contribution in [1.29, 1.82) is 0 Å². The van der Waals surface area contributed by atoms with Gasteiger partial charge in [0.15, 0.2) is 0 Å². The normalized spacial score (nSPS) is 38.8. The molecule has 1 N–H and O–H groups in total.